The van der Waals surface area contributed by atoms with Crippen molar-refractivity contribution in [1.29, 1.82) is 0 Å². The molecule has 1 N–H and O–H groups in total. The number of rotatable bonds is 5. The molecule has 5 aromatic rings. The topological polar surface area (TPSA) is 76.5 Å². The van der Waals surface area contributed by atoms with Crippen molar-refractivity contribution < 1.29 is 4.39 Å². The molecule has 33 heavy (non-hydrogen) atoms. The van der Waals surface area contributed by atoms with Gasteiger partial charge >= 0.3 is 0 Å². The van der Waals surface area contributed by atoms with Crippen molar-refractivity contribution in [1.82, 2.24) is 24.7 Å². The highest BCUT2D eigenvalue weighted by Gasteiger charge is 2.20. The fourth-order valence-corrected chi connectivity index (χ4v) is 4.62. The van der Waals surface area contributed by atoms with Crippen LogP contribution in [0.4, 0.5) is 4.39 Å². The van der Waals surface area contributed by atoms with E-state index in [1.807, 2.05) is 37.3 Å². The first-order valence-corrected chi connectivity index (χ1v) is 11.5. The van der Waals surface area contributed by atoms with Crippen molar-refractivity contribution in [2.24, 2.45) is 0 Å². The SMILES string of the molecule is Cc1cccc2c(=O)[nH]c(CSc3nnc(-c4ccccc4Cl)n3-c3ccccc3F)nc12. The Hall–Kier alpha value is -3.49. The lowest BCUT2D eigenvalue weighted by Crippen LogP contribution is -2.12. The molecule has 0 aliphatic rings. The molecule has 0 atom stereocenters. The standard InChI is InChI=1S/C24H17ClFN5OS/c1-14-7-6-9-16-21(14)27-20(28-23(16)32)13-33-24-30-29-22(15-8-2-3-10-17(15)25)31(24)19-12-5-4-11-18(19)26/h2-12H,13H2,1H3,(H,27,28,32). The zero-order valence-electron chi connectivity index (χ0n) is 17.4. The summed E-state index contributed by atoms with van der Waals surface area (Å²) in [6.07, 6.45) is 0. The third kappa shape index (κ3) is 4.03. The number of hydrogen-bond donors (Lipinski definition) is 1. The first-order valence-electron chi connectivity index (χ1n) is 10.1. The van der Waals surface area contributed by atoms with Gasteiger partial charge in [0.15, 0.2) is 11.0 Å². The highest BCUT2D eigenvalue weighted by atomic mass is 35.5. The van der Waals surface area contributed by atoms with Gasteiger partial charge in [-0.3, -0.25) is 9.36 Å². The molecule has 0 spiro atoms. The average Bonchev–Trinajstić information content (AvgIpc) is 3.22. The first-order chi connectivity index (χ1) is 16.0. The largest absolute Gasteiger partial charge is 0.309 e. The molecule has 9 heteroatoms. The molecule has 2 aromatic heterocycles. The number of aryl methyl sites for hydroxylation is 1. The Morgan fingerprint density at radius 1 is 1.03 bits per heavy atom. The molecule has 0 amide bonds. The summed E-state index contributed by atoms with van der Waals surface area (Å²) in [6, 6.07) is 19.1. The summed E-state index contributed by atoms with van der Waals surface area (Å²) in [6.45, 7) is 1.91. The van der Waals surface area contributed by atoms with E-state index in [1.165, 1.54) is 17.8 Å². The maximum atomic E-state index is 14.8. The average molecular weight is 478 g/mol. The van der Waals surface area contributed by atoms with Gasteiger partial charge in [0.1, 0.15) is 11.6 Å². The van der Waals surface area contributed by atoms with Crippen molar-refractivity contribution in [2.75, 3.05) is 0 Å². The van der Waals surface area contributed by atoms with Gasteiger partial charge in [0.2, 0.25) is 0 Å². The quantitative estimate of drug-likeness (QED) is 0.335. The molecule has 0 aliphatic carbocycles. The molecule has 0 fully saturated rings. The summed E-state index contributed by atoms with van der Waals surface area (Å²) >= 11 is 7.69. The van der Waals surface area contributed by atoms with Crippen LogP contribution >= 0.6 is 23.4 Å². The summed E-state index contributed by atoms with van der Waals surface area (Å²) < 4.78 is 16.4. The van der Waals surface area contributed by atoms with Crippen LogP contribution in [0, 0.1) is 12.7 Å². The van der Waals surface area contributed by atoms with Gasteiger partial charge in [-0.15, -0.1) is 10.2 Å². The number of hydrogen-bond acceptors (Lipinski definition) is 5. The Morgan fingerprint density at radius 3 is 2.64 bits per heavy atom. The van der Waals surface area contributed by atoms with Crippen molar-refractivity contribution in [3.05, 3.63) is 99.3 Å². The van der Waals surface area contributed by atoms with Crippen molar-refractivity contribution in [3.8, 4) is 17.1 Å². The number of para-hydroxylation sites is 2. The van der Waals surface area contributed by atoms with Gasteiger partial charge < -0.3 is 4.98 Å². The highest BCUT2D eigenvalue weighted by molar-refractivity contribution is 7.98. The monoisotopic (exact) mass is 477 g/mol. The number of aromatic nitrogens is 5. The number of aromatic amines is 1. The van der Waals surface area contributed by atoms with Crippen LogP contribution in [0.15, 0.2) is 76.7 Å². The van der Waals surface area contributed by atoms with E-state index in [0.717, 1.165) is 5.56 Å². The molecule has 0 saturated heterocycles. The number of nitrogens with zero attached hydrogens (tertiary/aromatic N) is 4. The lowest BCUT2D eigenvalue weighted by atomic mass is 10.1. The maximum Gasteiger partial charge on any atom is 0.258 e. The molecule has 0 saturated carbocycles. The molecule has 0 unspecified atom stereocenters. The van der Waals surface area contributed by atoms with Crippen LogP contribution in [0.25, 0.3) is 28.0 Å². The molecule has 3 aromatic carbocycles. The first kappa shape index (κ1) is 21.4. The molecule has 2 heterocycles. The Labute approximate surface area is 197 Å². The van der Waals surface area contributed by atoms with Crippen LogP contribution in [0.1, 0.15) is 11.4 Å². The predicted molar refractivity (Wildman–Crippen MR) is 128 cm³/mol. The van der Waals surface area contributed by atoms with E-state index in [9.17, 15) is 9.18 Å². The zero-order chi connectivity index (χ0) is 22.9. The fourth-order valence-electron chi connectivity index (χ4n) is 3.58. The second kappa shape index (κ2) is 8.80. The summed E-state index contributed by atoms with van der Waals surface area (Å²) in [4.78, 5) is 20.0. The normalized spacial score (nSPS) is 11.2. The van der Waals surface area contributed by atoms with Crippen LogP contribution in [0.5, 0.6) is 0 Å². The number of H-pyrrole nitrogens is 1. The van der Waals surface area contributed by atoms with E-state index in [1.54, 1.807) is 34.9 Å². The van der Waals surface area contributed by atoms with E-state index < -0.39 is 5.82 Å². The minimum absolute atomic E-state index is 0.202. The van der Waals surface area contributed by atoms with Gasteiger partial charge in [-0.2, -0.15) is 0 Å². The molecule has 0 aliphatic heterocycles. The second-order valence-electron chi connectivity index (χ2n) is 7.35. The van der Waals surface area contributed by atoms with E-state index in [2.05, 4.69) is 20.2 Å². The van der Waals surface area contributed by atoms with Crippen molar-refractivity contribution in [3.63, 3.8) is 0 Å². The third-order valence-electron chi connectivity index (χ3n) is 5.17. The summed E-state index contributed by atoms with van der Waals surface area (Å²) in [5.41, 5.74) is 2.31. The fraction of sp³-hybridized carbons (Fsp3) is 0.0833. The summed E-state index contributed by atoms with van der Waals surface area (Å²) in [5, 5.41) is 10.1. The van der Waals surface area contributed by atoms with E-state index >= 15 is 0 Å². The lowest BCUT2D eigenvalue weighted by Gasteiger charge is -2.12. The van der Waals surface area contributed by atoms with Crippen LogP contribution in [-0.4, -0.2) is 24.7 Å². The summed E-state index contributed by atoms with van der Waals surface area (Å²) in [7, 11) is 0. The van der Waals surface area contributed by atoms with Crippen LogP contribution < -0.4 is 5.56 Å². The Bertz CT molecular complexity index is 1550. The number of halogens is 2. The maximum absolute atomic E-state index is 14.8. The number of thioether (sulfide) groups is 1. The summed E-state index contributed by atoms with van der Waals surface area (Å²) in [5.74, 6) is 0.813. The van der Waals surface area contributed by atoms with Crippen molar-refractivity contribution >= 4 is 34.3 Å². The lowest BCUT2D eigenvalue weighted by molar-refractivity contribution is 0.613. The molecule has 0 radical (unpaired) electrons. The minimum atomic E-state index is -0.416. The highest BCUT2D eigenvalue weighted by Crippen LogP contribution is 2.33. The van der Waals surface area contributed by atoms with Gasteiger partial charge in [0.05, 0.1) is 27.4 Å². The number of benzene rings is 3. The smallest absolute Gasteiger partial charge is 0.258 e. The van der Waals surface area contributed by atoms with Crippen LogP contribution in [0.3, 0.4) is 0 Å². The molecule has 5 rings (SSSR count). The number of fused-ring (bicyclic) bond motifs is 1. The second-order valence-corrected chi connectivity index (χ2v) is 8.69. The zero-order valence-corrected chi connectivity index (χ0v) is 19.0. The number of nitrogens with one attached hydrogen (secondary N) is 1. The molecular formula is C24H17ClFN5OS. The van der Waals surface area contributed by atoms with Gasteiger partial charge in [-0.05, 0) is 42.8 Å². The van der Waals surface area contributed by atoms with Crippen molar-refractivity contribution in [2.45, 2.75) is 17.8 Å². The van der Waals surface area contributed by atoms with E-state index in [4.69, 9.17) is 11.6 Å². The molecule has 0 bridgehead atoms. The van der Waals surface area contributed by atoms with E-state index in [0.29, 0.717) is 49.7 Å². The predicted octanol–water partition coefficient (Wildman–Crippen LogP) is 5.56. The molecule has 164 valence electrons. The Balaban J connectivity index is 1.58. The molecule has 6 nitrogen and oxygen atoms in total. The van der Waals surface area contributed by atoms with E-state index in [-0.39, 0.29) is 5.56 Å². The van der Waals surface area contributed by atoms with Crippen LogP contribution in [-0.2, 0) is 5.75 Å². The Morgan fingerprint density at radius 2 is 1.82 bits per heavy atom. The Kier molecular flexibility index (Phi) is 5.70. The van der Waals surface area contributed by atoms with Crippen LogP contribution in [0.2, 0.25) is 5.02 Å². The van der Waals surface area contributed by atoms with Gasteiger partial charge in [0, 0.05) is 5.56 Å². The third-order valence-corrected chi connectivity index (χ3v) is 6.44. The van der Waals surface area contributed by atoms with Gasteiger partial charge in [-0.25, -0.2) is 9.37 Å². The van der Waals surface area contributed by atoms with Gasteiger partial charge in [-0.1, -0.05) is 59.8 Å². The molecular weight excluding hydrogens is 461 g/mol. The van der Waals surface area contributed by atoms with Gasteiger partial charge in [0.25, 0.3) is 5.56 Å². The minimum Gasteiger partial charge on any atom is -0.309 e.